The fourth-order valence-electron chi connectivity index (χ4n) is 2.23. The number of piperidine rings is 1. The average molecular weight is 229 g/mol. The van der Waals surface area contributed by atoms with Crippen LogP contribution < -0.4 is 5.73 Å². The fraction of sp³-hybridized carbons (Fsp3) is 0.909. The highest BCUT2D eigenvalue weighted by molar-refractivity contribution is 5.79. The van der Waals surface area contributed by atoms with E-state index in [0.29, 0.717) is 18.3 Å². The molecule has 1 aliphatic heterocycles. The molecule has 0 spiro atoms. The molecule has 0 radical (unpaired) electrons. The van der Waals surface area contributed by atoms with Gasteiger partial charge >= 0.3 is 0 Å². The van der Waals surface area contributed by atoms with E-state index in [1.54, 1.807) is 0 Å². The molecule has 1 heterocycles. The van der Waals surface area contributed by atoms with E-state index in [2.05, 4.69) is 10.1 Å². The Morgan fingerprint density at radius 1 is 1.38 bits per heavy atom. The molecule has 0 bridgehead atoms. The Bertz CT molecular complexity index is 221. The zero-order valence-electron chi connectivity index (χ0n) is 9.81. The van der Waals surface area contributed by atoms with Gasteiger partial charge in [-0.05, 0) is 38.8 Å². The minimum atomic E-state index is 0.264. The molecule has 1 fully saturated rings. The van der Waals surface area contributed by atoms with Gasteiger partial charge in [-0.3, -0.25) is 4.90 Å². The summed E-state index contributed by atoms with van der Waals surface area (Å²) < 4.78 is 0. The molecule has 4 N–H and O–H groups in total. The van der Waals surface area contributed by atoms with Gasteiger partial charge in [0.05, 0.1) is 6.61 Å². The smallest absolute Gasteiger partial charge is 0.139 e. The summed E-state index contributed by atoms with van der Waals surface area (Å²) >= 11 is 0. The van der Waals surface area contributed by atoms with Crippen molar-refractivity contribution < 1.29 is 10.3 Å². The Morgan fingerprint density at radius 3 is 2.88 bits per heavy atom. The van der Waals surface area contributed by atoms with Crippen molar-refractivity contribution >= 4 is 5.84 Å². The molecule has 1 aliphatic rings. The average Bonchev–Trinajstić information content (AvgIpc) is 2.34. The van der Waals surface area contributed by atoms with Gasteiger partial charge in [0.15, 0.2) is 0 Å². The van der Waals surface area contributed by atoms with Crippen LogP contribution in [0.25, 0.3) is 0 Å². The summed E-state index contributed by atoms with van der Waals surface area (Å²) in [6.45, 7) is 2.36. The van der Waals surface area contributed by atoms with Crippen LogP contribution >= 0.6 is 0 Å². The summed E-state index contributed by atoms with van der Waals surface area (Å²) in [5.41, 5.74) is 5.39. The largest absolute Gasteiger partial charge is 0.409 e. The number of nitrogens with two attached hydrogens (primary N) is 1. The number of hydrogen-bond acceptors (Lipinski definition) is 4. The van der Waals surface area contributed by atoms with E-state index in [-0.39, 0.29) is 6.61 Å². The summed E-state index contributed by atoms with van der Waals surface area (Å²) in [5, 5.41) is 20.6. The third-order valence-corrected chi connectivity index (χ3v) is 3.22. The molecule has 0 aromatic heterocycles. The van der Waals surface area contributed by atoms with Gasteiger partial charge in [0.1, 0.15) is 5.84 Å². The first-order valence-corrected chi connectivity index (χ1v) is 6.09. The lowest BCUT2D eigenvalue weighted by Gasteiger charge is -2.34. The maximum atomic E-state index is 9.23. The third kappa shape index (κ3) is 4.37. The molecule has 0 aromatic rings. The Balaban J connectivity index is 2.15. The zero-order valence-corrected chi connectivity index (χ0v) is 9.81. The lowest BCUT2D eigenvalue weighted by molar-refractivity contribution is 0.0889. The summed E-state index contributed by atoms with van der Waals surface area (Å²) in [6, 6.07) is 0.345. The first kappa shape index (κ1) is 13.3. The molecule has 16 heavy (non-hydrogen) atoms. The third-order valence-electron chi connectivity index (χ3n) is 3.22. The predicted octanol–water partition coefficient (Wildman–Crippen LogP) is 0.750. The van der Waals surface area contributed by atoms with Crippen molar-refractivity contribution in [2.24, 2.45) is 10.9 Å². The van der Waals surface area contributed by atoms with E-state index in [9.17, 15) is 5.11 Å². The van der Waals surface area contributed by atoms with Crippen LogP contribution in [0.5, 0.6) is 0 Å². The summed E-state index contributed by atoms with van der Waals surface area (Å²) in [6.07, 6.45) is 6.19. The normalized spacial score (nSPS) is 23.6. The van der Waals surface area contributed by atoms with E-state index in [0.717, 1.165) is 32.4 Å². The number of hydrogen-bond donors (Lipinski definition) is 3. The van der Waals surface area contributed by atoms with Crippen LogP contribution in [0.4, 0.5) is 0 Å². The van der Waals surface area contributed by atoms with Gasteiger partial charge in [-0.2, -0.15) is 0 Å². The fourth-order valence-corrected chi connectivity index (χ4v) is 2.23. The molecule has 0 amide bonds. The highest BCUT2D eigenvalue weighted by Gasteiger charge is 2.20. The maximum Gasteiger partial charge on any atom is 0.139 e. The first-order chi connectivity index (χ1) is 7.77. The zero-order chi connectivity index (χ0) is 11.8. The Hall–Kier alpha value is -0.810. The van der Waals surface area contributed by atoms with Gasteiger partial charge in [-0.25, -0.2) is 0 Å². The number of nitrogens with zero attached hydrogens (tertiary/aromatic N) is 2. The molecular weight excluding hydrogens is 206 g/mol. The second kappa shape index (κ2) is 7.46. The monoisotopic (exact) mass is 229 g/mol. The minimum Gasteiger partial charge on any atom is -0.409 e. The van der Waals surface area contributed by atoms with Crippen LogP contribution in [0.15, 0.2) is 5.16 Å². The number of amidine groups is 1. The van der Waals surface area contributed by atoms with Crippen LogP contribution in [-0.4, -0.2) is 46.8 Å². The lowest BCUT2D eigenvalue weighted by Crippen LogP contribution is -2.42. The predicted molar refractivity (Wildman–Crippen MR) is 63.6 cm³/mol. The van der Waals surface area contributed by atoms with Crippen molar-refractivity contribution in [3.63, 3.8) is 0 Å². The van der Waals surface area contributed by atoms with Gasteiger partial charge in [0, 0.05) is 12.5 Å². The van der Waals surface area contributed by atoms with E-state index >= 15 is 0 Å². The van der Waals surface area contributed by atoms with Crippen LogP contribution in [-0.2, 0) is 0 Å². The highest BCUT2D eigenvalue weighted by Crippen LogP contribution is 2.17. The van der Waals surface area contributed by atoms with Crippen molar-refractivity contribution in [1.29, 1.82) is 0 Å². The van der Waals surface area contributed by atoms with Crippen LogP contribution in [0.1, 0.15) is 38.5 Å². The van der Waals surface area contributed by atoms with E-state index in [1.807, 2.05) is 0 Å². The van der Waals surface area contributed by atoms with Gasteiger partial charge in [0.25, 0.3) is 0 Å². The Labute approximate surface area is 96.9 Å². The SMILES string of the molecule is NC(CCCCN1CCCCC1CO)=NO. The number of oxime groups is 1. The second-order valence-electron chi connectivity index (χ2n) is 4.42. The van der Waals surface area contributed by atoms with Gasteiger partial charge in [0.2, 0.25) is 0 Å². The maximum absolute atomic E-state index is 9.23. The van der Waals surface area contributed by atoms with Crippen molar-refractivity contribution in [1.82, 2.24) is 4.90 Å². The molecule has 5 nitrogen and oxygen atoms in total. The molecule has 5 heteroatoms. The molecule has 0 saturated carbocycles. The molecule has 1 unspecified atom stereocenters. The summed E-state index contributed by atoms with van der Waals surface area (Å²) in [4.78, 5) is 2.36. The number of aliphatic hydroxyl groups is 1. The molecule has 0 aliphatic carbocycles. The topological polar surface area (TPSA) is 82.1 Å². The summed E-state index contributed by atoms with van der Waals surface area (Å²) in [5.74, 6) is 0.303. The molecule has 1 saturated heterocycles. The van der Waals surface area contributed by atoms with Crippen molar-refractivity contribution in [3.05, 3.63) is 0 Å². The molecular formula is C11H23N3O2. The standard InChI is InChI=1S/C11H23N3O2/c12-11(13-16)6-2-4-8-14-7-3-1-5-10(14)9-15/h10,15-16H,1-9H2,(H2,12,13). The van der Waals surface area contributed by atoms with Crippen LogP contribution in [0, 0.1) is 0 Å². The van der Waals surface area contributed by atoms with Crippen LogP contribution in [0.3, 0.4) is 0 Å². The Morgan fingerprint density at radius 2 is 2.19 bits per heavy atom. The molecule has 94 valence electrons. The summed E-state index contributed by atoms with van der Waals surface area (Å²) in [7, 11) is 0. The van der Waals surface area contributed by atoms with E-state index in [1.165, 1.54) is 12.8 Å². The van der Waals surface area contributed by atoms with Crippen molar-refractivity contribution in [2.75, 3.05) is 19.7 Å². The second-order valence-corrected chi connectivity index (χ2v) is 4.42. The number of unbranched alkanes of at least 4 members (excludes halogenated alkanes) is 1. The Kier molecular flexibility index (Phi) is 6.18. The number of rotatable bonds is 6. The molecule has 0 aromatic carbocycles. The minimum absolute atomic E-state index is 0.264. The molecule has 1 rings (SSSR count). The lowest BCUT2D eigenvalue weighted by atomic mass is 10.0. The number of likely N-dealkylation sites (tertiary alicyclic amines) is 1. The van der Waals surface area contributed by atoms with E-state index < -0.39 is 0 Å². The van der Waals surface area contributed by atoms with Crippen LogP contribution in [0.2, 0.25) is 0 Å². The highest BCUT2D eigenvalue weighted by atomic mass is 16.4. The van der Waals surface area contributed by atoms with Crippen molar-refractivity contribution in [2.45, 2.75) is 44.6 Å². The first-order valence-electron chi connectivity index (χ1n) is 6.09. The molecule has 1 atom stereocenters. The van der Waals surface area contributed by atoms with Gasteiger partial charge in [-0.1, -0.05) is 11.6 Å². The quantitative estimate of drug-likeness (QED) is 0.206. The van der Waals surface area contributed by atoms with Gasteiger partial charge < -0.3 is 16.0 Å². The van der Waals surface area contributed by atoms with E-state index in [4.69, 9.17) is 10.9 Å². The van der Waals surface area contributed by atoms with Crippen molar-refractivity contribution in [3.8, 4) is 0 Å². The van der Waals surface area contributed by atoms with Gasteiger partial charge in [-0.15, -0.1) is 0 Å². The number of aliphatic hydroxyl groups excluding tert-OH is 1.